The molecule has 0 fully saturated rings. The summed E-state index contributed by atoms with van der Waals surface area (Å²) in [7, 11) is 0. The van der Waals surface area contributed by atoms with E-state index in [4.69, 9.17) is 16.2 Å². The van der Waals surface area contributed by atoms with Crippen LogP contribution in [0.2, 0.25) is 0 Å². The lowest BCUT2D eigenvalue weighted by atomic mass is 10.2. The molecule has 98 valence electrons. The Labute approximate surface area is 119 Å². The molecule has 3 nitrogen and oxygen atoms in total. The van der Waals surface area contributed by atoms with E-state index in [0.717, 1.165) is 11.3 Å². The summed E-state index contributed by atoms with van der Waals surface area (Å²) in [6, 6.07) is 15.3. The monoisotopic (exact) mass is 286 g/mol. The molecule has 4 N–H and O–H groups in total. The maximum absolute atomic E-state index is 5.68. The van der Waals surface area contributed by atoms with Crippen molar-refractivity contribution in [3.8, 4) is 5.75 Å². The quantitative estimate of drug-likeness (QED) is 0.852. The van der Waals surface area contributed by atoms with Gasteiger partial charge in [0.1, 0.15) is 12.4 Å². The molecule has 5 heteroatoms. The number of nitrogens with two attached hydrogens (primary N) is 2. The second kappa shape index (κ2) is 7.69. The fourth-order valence-electron chi connectivity index (χ4n) is 1.38. The van der Waals surface area contributed by atoms with Crippen molar-refractivity contribution in [2.75, 3.05) is 11.5 Å². The van der Waals surface area contributed by atoms with Crippen LogP contribution in [0, 0.1) is 0 Å². The highest BCUT2D eigenvalue weighted by Gasteiger charge is 1.98. The third-order valence-electron chi connectivity index (χ3n) is 2.31. The summed E-state index contributed by atoms with van der Waals surface area (Å²) in [4.78, 5) is 0. The number of anilines is 2. The fourth-order valence-corrected chi connectivity index (χ4v) is 1.38. The third kappa shape index (κ3) is 4.35. The summed E-state index contributed by atoms with van der Waals surface area (Å²) in [6.45, 7) is 0.532. The highest BCUT2D eigenvalue weighted by Crippen LogP contribution is 2.22. The smallest absolute Gasteiger partial charge is 0.122 e. The Balaban J connectivity index is 0.00000144. The number of hydrogen-bond acceptors (Lipinski definition) is 3. The molecule has 0 saturated carbocycles. The van der Waals surface area contributed by atoms with Crippen molar-refractivity contribution in [3.63, 3.8) is 0 Å². The summed E-state index contributed by atoms with van der Waals surface area (Å²) in [5.74, 6) is 0.732. The van der Waals surface area contributed by atoms with Gasteiger partial charge in [0.25, 0.3) is 0 Å². The van der Waals surface area contributed by atoms with Gasteiger partial charge in [0.15, 0.2) is 0 Å². The van der Waals surface area contributed by atoms with E-state index in [1.54, 1.807) is 12.1 Å². The molecule has 0 bridgehead atoms. The predicted molar refractivity (Wildman–Crippen MR) is 80.5 cm³/mol. The molecule has 0 aromatic heterocycles. The van der Waals surface area contributed by atoms with Gasteiger partial charge in [-0.25, -0.2) is 0 Å². The maximum Gasteiger partial charge on any atom is 0.122 e. The van der Waals surface area contributed by atoms with Crippen molar-refractivity contribution >= 4 is 36.2 Å². The van der Waals surface area contributed by atoms with Gasteiger partial charge in [0.05, 0.1) is 11.4 Å². The van der Waals surface area contributed by atoms with E-state index >= 15 is 0 Å². The van der Waals surface area contributed by atoms with Crippen LogP contribution in [0.4, 0.5) is 11.4 Å². The molecule has 0 atom stereocenters. The van der Waals surface area contributed by atoms with Gasteiger partial charge < -0.3 is 16.2 Å². The van der Waals surface area contributed by atoms with Crippen molar-refractivity contribution in [1.82, 2.24) is 0 Å². The molecule has 0 heterocycles. The molecule has 2 rings (SSSR count). The minimum atomic E-state index is 0. The Kier molecular flexibility index (Phi) is 7.01. The highest BCUT2D eigenvalue weighted by atomic mass is 35.5. The highest BCUT2D eigenvalue weighted by molar-refractivity contribution is 5.85. The summed E-state index contributed by atoms with van der Waals surface area (Å²) >= 11 is 0. The fraction of sp³-hybridized carbons (Fsp3) is 0.0769. The van der Waals surface area contributed by atoms with Crippen LogP contribution in [0.15, 0.2) is 48.5 Å². The van der Waals surface area contributed by atoms with Crippen LogP contribution < -0.4 is 16.2 Å². The summed E-state index contributed by atoms with van der Waals surface area (Å²) in [6.07, 6.45) is 0. The zero-order valence-electron chi connectivity index (χ0n) is 9.71. The van der Waals surface area contributed by atoms with E-state index < -0.39 is 0 Å². The van der Waals surface area contributed by atoms with Crippen molar-refractivity contribution in [2.24, 2.45) is 0 Å². The van der Waals surface area contributed by atoms with Gasteiger partial charge in [-0.2, -0.15) is 0 Å². The van der Waals surface area contributed by atoms with Crippen molar-refractivity contribution in [3.05, 3.63) is 54.1 Å². The molecule has 0 saturated heterocycles. The van der Waals surface area contributed by atoms with Crippen LogP contribution in [0.1, 0.15) is 5.56 Å². The zero-order chi connectivity index (χ0) is 11.4. The summed E-state index contributed by atoms with van der Waals surface area (Å²) < 4.78 is 5.59. The molecule has 0 unspecified atom stereocenters. The van der Waals surface area contributed by atoms with E-state index in [1.807, 2.05) is 36.4 Å². The number of halogens is 2. The first-order valence-electron chi connectivity index (χ1n) is 5.07. The van der Waals surface area contributed by atoms with Crippen molar-refractivity contribution < 1.29 is 4.74 Å². The Morgan fingerprint density at radius 3 is 2.11 bits per heavy atom. The molecular weight excluding hydrogens is 271 g/mol. The van der Waals surface area contributed by atoms with Gasteiger partial charge in [-0.3, -0.25) is 0 Å². The number of rotatable bonds is 3. The first-order valence-corrected chi connectivity index (χ1v) is 5.07. The number of benzene rings is 2. The minimum absolute atomic E-state index is 0. The molecule has 0 aliphatic carbocycles. The zero-order valence-corrected chi connectivity index (χ0v) is 11.3. The lowest BCUT2D eigenvalue weighted by Gasteiger charge is -2.07. The first kappa shape index (κ1) is 16.4. The number of hydrogen-bond donors (Lipinski definition) is 2. The second-order valence-corrected chi connectivity index (χ2v) is 3.56. The molecule has 0 amide bonds. The van der Waals surface area contributed by atoms with Crippen LogP contribution in [-0.4, -0.2) is 0 Å². The Morgan fingerprint density at radius 1 is 0.833 bits per heavy atom. The van der Waals surface area contributed by atoms with Crippen LogP contribution in [-0.2, 0) is 6.61 Å². The molecular formula is C13H16Cl2N2O. The van der Waals surface area contributed by atoms with Gasteiger partial charge in [-0.15, -0.1) is 24.8 Å². The van der Waals surface area contributed by atoms with Crippen LogP contribution in [0.5, 0.6) is 5.75 Å². The topological polar surface area (TPSA) is 61.3 Å². The van der Waals surface area contributed by atoms with Crippen molar-refractivity contribution in [1.29, 1.82) is 0 Å². The molecule has 0 radical (unpaired) electrons. The average Bonchev–Trinajstić information content (AvgIpc) is 2.32. The Hall–Kier alpha value is -1.58. The van der Waals surface area contributed by atoms with Crippen LogP contribution in [0.3, 0.4) is 0 Å². The van der Waals surface area contributed by atoms with Gasteiger partial charge >= 0.3 is 0 Å². The average molecular weight is 287 g/mol. The molecule has 18 heavy (non-hydrogen) atoms. The molecule has 2 aromatic rings. The normalized spacial score (nSPS) is 8.89. The Morgan fingerprint density at radius 2 is 1.50 bits per heavy atom. The van der Waals surface area contributed by atoms with Crippen LogP contribution >= 0.6 is 24.8 Å². The maximum atomic E-state index is 5.68. The minimum Gasteiger partial charge on any atom is -0.489 e. The van der Waals surface area contributed by atoms with E-state index in [2.05, 4.69) is 0 Å². The van der Waals surface area contributed by atoms with Crippen molar-refractivity contribution in [2.45, 2.75) is 6.61 Å². The Bertz CT molecular complexity index is 478. The van der Waals surface area contributed by atoms with Gasteiger partial charge in [0, 0.05) is 6.07 Å². The lowest BCUT2D eigenvalue weighted by molar-refractivity contribution is 0.306. The van der Waals surface area contributed by atoms with Gasteiger partial charge in [-0.05, 0) is 17.7 Å². The molecule has 2 aromatic carbocycles. The van der Waals surface area contributed by atoms with E-state index in [9.17, 15) is 0 Å². The SMILES string of the molecule is Cl.Cl.Nc1ccc(OCc2ccccc2)cc1N. The summed E-state index contributed by atoms with van der Waals surface area (Å²) in [5, 5.41) is 0. The predicted octanol–water partition coefficient (Wildman–Crippen LogP) is 3.27. The molecule has 0 aliphatic heterocycles. The van der Waals surface area contributed by atoms with E-state index in [1.165, 1.54) is 0 Å². The van der Waals surface area contributed by atoms with Gasteiger partial charge in [0.2, 0.25) is 0 Å². The second-order valence-electron chi connectivity index (χ2n) is 3.56. The van der Waals surface area contributed by atoms with E-state index in [-0.39, 0.29) is 24.8 Å². The number of ether oxygens (including phenoxy) is 1. The summed E-state index contributed by atoms with van der Waals surface area (Å²) in [5.41, 5.74) is 13.5. The van der Waals surface area contributed by atoms with Crippen LogP contribution in [0.25, 0.3) is 0 Å². The number of nitrogen functional groups attached to an aromatic ring is 2. The molecule has 0 aliphatic rings. The largest absolute Gasteiger partial charge is 0.489 e. The van der Waals surface area contributed by atoms with E-state index in [0.29, 0.717) is 18.0 Å². The lowest BCUT2D eigenvalue weighted by Crippen LogP contribution is -1.98. The molecule has 0 spiro atoms. The first-order chi connectivity index (χ1) is 7.75. The van der Waals surface area contributed by atoms with Gasteiger partial charge in [-0.1, -0.05) is 30.3 Å². The standard InChI is InChI=1S/C13H14N2O.2ClH/c14-12-7-6-11(8-13(12)15)16-9-10-4-2-1-3-5-10;;/h1-8H,9,14-15H2;2*1H. The third-order valence-corrected chi connectivity index (χ3v) is 2.31.